The van der Waals surface area contributed by atoms with E-state index in [1.807, 2.05) is 0 Å². The molecule has 0 atom stereocenters. The number of nitrogens with zero attached hydrogens (tertiary/aromatic N) is 1. The lowest BCUT2D eigenvalue weighted by Crippen LogP contribution is -2.41. The molecule has 1 aliphatic rings. The minimum absolute atomic E-state index is 0.00224. The highest BCUT2D eigenvalue weighted by Crippen LogP contribution is 2.26. The van der Waals surface area contributed by atoms with Gasteiger partial charge < -0.3 is 10.2 Å². The molecule has 6 nitrogen and oxygen atoms in total. The van der Waals surface area contributed by atoms with Crippen LogP contribution in [0.3, 0.4) is 0 Å². The van der Waals surface area contributed by atoms with Crippen molar-refractivity contribution >= 4 is 21.6 Å². The van der Waals surface area contributed by atoms with Gasteiger partial charge in [0.2, 0.25) is 10.0 Å². The average molecular weight is 400 g/mol. The van der Waals surface area contributed by atoms with Crippen molar-refractivity contribution in [3.8, 4) is 0 Å². The highest BCUT2D eigenvalue weighted by atomic mass is 32.2. The number of rotatable bonds is 7. The molecular weight excluding hydrogens is 369 g/mol. The number of hydrogen-bond donors (Lipinski definition) is 2. The summed E-state index contributed by atoms with van der Waals surface area (Å²) in [5.41, 5.74) is 0.703. The molecule has 0 heterocycles. The first kappa shape index (κ1) is 21.6. The van der Waals surface area contributed by atoms with Crippen LogP contribution in [0.2, 0.25) is 0 Å². The molecule has 0 spiro atoms. The molecule has 0 unspecified atom stereocenters. The fraction of sp³-hybridized carbons (Fsp3) is 0.632. The van der Waals surface area contributed by atoms with Crippen LogP contribution < -0.4 is 10.0 Å². The van der Waals surface area contributed by atoms with Crippen molar-refractivity contribution in [2.75, 3.05) is 26.0 Å². The van der Waals surface area contributed by atoms with Gasteiger partial charge in [0, 0.05) is 32.4 Å². The quantitative estimate of drug-likeness (QED) is 0.739. The lowest BCUT2D eigenvalue weighted by Gasteiger charge is -2.29. The molecule has 8 heteroatoms. The zero-order valence-corrected chi connectivity index (χ0v) is 17.3. The Balaban J connectivity index is 1.83. The van der Waals surface area contributed by atoms with Crippen LogP contribution in [-0.2, 0) is 10.0 Å². The van der Waals surface area contributed by atoms with E-state index >= 15 is 0 Å². The number of nitrogens with one attached hydrogen (secondary N) is 2. The number of halogens is 1. The molecule has 0 bridgehead atoms. The summed E-state index contributed by atoms with van der Waals surface area (Å²) in [4.78, 5) is 13.2. The van der Waals surface area contributed by atoms with E-state index in [1.54, 1.807) is 34.0 Å². The maximum absolute atomic E-state index is 14.1. The molecule has 0 saturated heterocycles. The van der Waals surface area contributed by atoms with E-state index in [0.29, 0.717) is 18.2 Å². The molecule has 1 aliphatic carbocycles. The van der Waals surface area contributed by atoms with Crippen molar-refractivity contribution in [1.82, 2.24) is 9.62 Å². The number of sulfonamides is 1. The highest BCUT2D eigenvalue weighted by Gasteiger charge is 2.26. The second kappa shape index (κ2) is 9.01. The first-order chi connectivity index (χ1) is 12.6. The molecule has 1 fully saturated rings. The maximum Gasteiger partial charge on any atom is 0.256 e. The third-order valence-electron chi connectivity index (χ3n) is 5.00. The number of carbonyl (C=O) groups is 1. The Bertz CT molecular complexity index is 757. The SMILES string of the molecule is CC(C)S(=O)(=O)NC1CCC(CNc2ccc(C(=O)N(C)C)c(F)c2)CC1. The van der Waals surface area contributed by atoms with Gasteiger partial charge in [-0.3, -0.25) is 4.79 Å². The van der Waals surface area contributed by atoms with Gasteiger partial charge in [0.25, 0.3) is 5.91 Å². The number of hydrogen-bond acceptors (Lipinski definition) is 4. The van der Waals surface area contributed by atoms with Gasteiger partial charge in [-0.1, -0.05) is 0 Å². The Kier molecular flexibility index (Phi) is 7.22. The zero-order chi connectivity index (χ0) is 20.2. The average Bonchev–Trinajstić information content (AvgIpc) is 2.60. The van der Waals surface area contributed by atoms with Gasteiger partial charge >= 0.3 is 0 Å². The largest absolute Gasteiger partial charge is 0.385 e. The van der Waals surface area contributed by atoms with E-state index in [9.17, 15) is 17.6 Å². The van der Waals surface area contributed by atoms with Crippen molar-refractivity contribution in [2.45, 2.75) is 50.8 Å². The van der Waals surface area contributed by atoms with Crippen LogP contribution in [-0.4, -0.2) is 51.2 Å². The van der Waals surface area contributed by atoms with Crippen LogP contribution in [0.5, 0.6) is 0 Å². The first-order valence-corrected chi connectivity index (χ1v) is 10.9. The van der Waals surface area contributed by atoms with Gasteiger partial charge in [0.1, 0.15) is 5.82 Å². The van der Waals surface area contributed by atoms with Crippen molar-refractivity contribution in [3.05, 3.63) is 29.6 Å². The second-order valence-corrected chi connectivity index (χ2v) is 9.97. The molecular formula is C19H30FN3O3S. The normalized spacial score (nSPS) is 20.5. The van der Waals surface area contributed by atoms with E-state index in [1.165, 1.54) is 17.0 Å². The van der Waals surface area contributed by atoms with Gasteiger partial charge in [0.05, 0.1) is 10.8 Å². The Labute approximate surface area is 161 Å². The topological polar surface area (TPSA) is 78.5 Å². The van der Waals surface area contributed by atoms with Crippen LogP contribution >= 0.6 is 0 Å². The van der Waals surface area contributed by atoms with Crippen LogP contribution in [0, 0.1) is 11.7 Å². The molecule has 1 saturated carbocycles. The van der Waals surface area contributed by atoms with E-state index in [0.717, 1.165) is 25.7 Å². The summed E-state index contributed by atoms with van der Waals surface area (Å²) in [6.45, 7) is 4.05. The Morgan fingerprint density at radius 3 is 2.37 bits per heavy atom. The van der Waals surface area contributed by atoms with Gasteiger partial charge in [-0.15, -0.1) is 0 Å². The number of amides is 1. The molecule has 1 aromatic carbocycles. The van der Waals surface area contributed by atoms with Crippen molar-refractivity contribution < 1.29 is 17.6 Å². The molecule has 0 aliphatic heterocycles. The fourth-order valence-electron chi connectivity index (χ4n) is 3.15. The van der Waals surface area contributed by atoms with Gasteiger partial charge in [-0.05, 0) is 63.6 Å². The van der Waals surface area contributed by atoms with Crippen LogP contribution in [0.15, 0.2) is 18.2 Å². The third-order valence-corrected chi connectivity index (χ3v) is 6.90. The minimum Gasteiger partial charge on any atom is -0.385 e. The standard InChI is InChI=1S/C19H30FN3O3S/c1-13(2)27(25,26)22-15-7-5-14(6-8-15)12-21-16-9-10-17(18(20)11-16)19(24)23(3)4/h9-11,13-15,21-22H,5-8,12H2,1-4H3. The molecule has 152 valence electrons. The van der Waals surface area contributed by atoms with E-state index < -0.39 is 21.1 Å². The Morgan fingerprint density at radius 1 is 1.22 bits per heavy atom. The summed E-state index contributed by atoms with van der Waals surface area (Å²) in [7, 11) is -0.0533. The Hall–Kier alpha value is -1.67. The molecule has 1 amide bonds. The van der Waals surface area contributed by atoms with E-state index in [2.05, 4.69) is 10.0 Å². The van der Waals surface area contributed by atoms with Crippen molar-refractivity contribution in [3.63, 3.8) is 0 Å². The molecule has 0 aromatic heterocycles. The van der Waals surface area contributed by atoms with E-state index in [-0.39, 0.29) is 17.5 Å². The van der Waals surface area contributed by atoms with Crippen LogP contribution in [0.1, 0.15) is 49.9 Å². The summed E-state index contributed by atoms with van der Waals surface area (Å²) >= 11 is 0. The summed E-state index contributed by atoms with van der Waals surface area (Å²) < 4.78 is 40.8. The fourth-order valence-corrected chi connectivity index (χ4v) is 4.13. The Morgan fingerprint density at radius 2 is 1.85 bits per heavy atom. The summed E-state index contributed by atoms with van der Waals surface area (Å²) in [5.74, 6) is -0.484. The second-order valence-electron chi connectivity index (χ2n) is 7.70. The first-order valence-electron chi connectivity index (χ1n) is 9.36. The predicted octanol–water partition coefficient (Wildman–Crippen LogP) is 2.83. The number of benzene rings is 1. The third kappa shape index (κ3) is 5.90. The van der Waals surface area contributed by atoms with Crippen LogP contribution in [0.25, 0.3) is 0 Å². The molecule has 0 radical (unpaired) electrons. The molecule has 27 heavy (non-hydrogen) atoms. The minimum atomic E-state index is -3.23. The molecule has 2 rings (SSSR count). The monoisotopic (exact) mass is 399 g/mol. The zero-order valence-electron chi connectivity index (χ0n) is 16.5. The summed E-state index contributed by atoms with van der Waals surface area (Å²) in [6.07, 6.45) is 3.45. The number of carbonyl (C=O) groups excluding carboxylic acids is 1. The summed E-state index contributed by atoms with van der Waals surface area (Å²) in [6, 6.07) is 4.56. The van der Waals surface area contributed by atoms with Gasteiger partial charge in [-0.25, -0.2) is 17.5 Å². The molecule has 2 N–H and O–H groups in total. The predicted molar refractivity (Wildman–Crippen MR) is 106 cm³/mol. The van der Waals surface area contributed by atoms with Crippen LogP contribution in [0.4, 0.5) is 10.1 Å². The highest BCUT2D eigenvalue weighted by molar-refractivity contribution is 7.90. The maximum atomic E-state index is 14.1. The van der Waals surface area contributed by atoms with E-state index in [4.69, 9.17) is 0 Å². The van der Waals surface area contributed by atoms with Crippen molar-refractivity contribution in [2.24, 2.45) is 5.92 Å². The lowest BCUT2D eigenvalue weighted by atomic mass is 9.86. The van der Waals surface area contributed by atoms with Gasteiger partial charge in [0.15, 0.2) is 0 Å². The lowest BCUT2D eigenvalue weighted by molar-refractivity contribution is 0.0823. The van der Waals surface area contributed by atoms with Crippen molar-refractivity contribution in [1.29, 1.82) is 0 Å². The number of anilines is 1. The summed E-state index contributed by atoms with van der Waals surface area (Å²) in [5, 5.41) is 2.81. The molecule has 1 aromatic rings. The van der Waals surface area contributed by atoms with Gasteiger partial charge in [-0.2, -0.15) is 0 Å². The smallest absolute Gasteiger partial charge is 0.256 e.